The molecule has 0 N–H and O–H groups in total. The molecule has 0 aliphatic carbocycles. The largest absolute Gasteiger partial charge is 0.204 e. The maximum atomic E-state index is 13.7. The van der Waals surface area contributed by atoms with Crippen molar-refractivity contribution < 1.29 is 13.2 Å². The van der Waals surface area contributed by atoms with Gasteiger partial charge < -0.3 is 0 Å². The van der Waals surface area contributed by atoms with Crippen molar-refractivity contribution in [3.63, 3.8) is 0 Å². The molecule has 7 heteroatoms. The Hall–Kier alpha value is -0.610. The topological polar surface area (TPSA) is 0 Å². The van der Waals surface area contributed by atoms with Crippen LogP contribution in [0, 0.1) is 17.5 Å². The highest BCUT2D eigenvalue weighted by molar-refractivity contribution is 6.48. The Kier molecular flexibility index (Phi) is 4.75. The smallest absolute Gasteiger partial charge is 0.194 e. The Morgan fingerprint density at radius 3 is 2.00 bits per heavy atom. The van der Waals surface area contributed by atoms with Crippen molar-refractivity contribution in [2.45, 2.75) is 5.38 Å². The van der Waals surface area contributed by atoms with Gasteiger partial charge in [-0.2, -0.15) is 0 Å². The quantitative estimate of drug-likeness (QED) is 0.430. The van der Waals surface area contributed by atoms with Crippen LogP contribution in [0.2, 0.25) is 15.1 Å². The van der Waals surface area contributed by atoms with E-state index in [1.54, 1.807) is 0 Å². The number of rotatable bonds is 2. The first-order valence-electron chi connectivity index (χ1n) is 5.25. The molecule has 2 aromatic carbocycles. The minimum absolute atomic E-state index is 0.0308. The van der Waals surface area contributed by atoms with Gasteiger partial charge in [-0.1, -0.05) is 46.9 Å². The van der Waals surface area contributed by atoms with E-state index in [2.05, 4.69) is 0 Å². The van der Waals surface area contributed by atoms with Gasteiger partial charge in [-0.05, 0) is 17.7 Å². The Labute approximate surface area is 133 Å². The number of hydrogen-bond donors (Lipinski definition) is 0. The van der Waals surface area contributed by atoms with Crippen molar-refractivity contribution >= 4 is 46.4 Å². The number of hydrogen-bond acceptors (Lipinski definition) is 0. The lowest BCUT2D eigenvalue weighted by molar-refractivity contribution is 0.441. The second-order valence-corrected chi connectivity index (χ2v) is 5.49. The predicted molar refractivity (Wildman–Crippen MR) is 75.5 cm³/mol. The van der Waals surface area contributed by atoms with Crippen LogP contribution >= 0.6 is 46.4 Å². The Bertz CT molecular complexity index is 616. The maximum Gasteiger partial charge on any atom is 0.194 e. The molecule has 0 saturated carbocycles. The lowest BCUT2D eigenvalue weighted by Crippen LogP contribution is -2.02. The first kappa shape index (κ1) is 15.8. The van der Waals surface area contributed by atoms with Crippen LogP contribution in [0.3, 0.4) is 0 Å². The molecule has 0 bridgehead atoms. The standard InChI is InChI=1S/C13H5Cl4F3/c14-7-3-1-5(10(16)11(7)17)9(15)6-2-4-8(18)13(20)12(6)19/h1-4,9H. The number of alkyl halides is 1. The monoisotopic (exact) mass is 358 g/mol. The summed E-state index contributed by atoms with van der Waals surface area (Å²) >= 11 is 23.7. The maximum absolute atomic E-state index is 13.7. The second-order valence-electron chi connectivity index (χ2n) is 3.89. The minimum atomic E-state index is -1.59. The third kappa shape index (κ3) is 2.73. The van der Waals surface area contributed by atoms with Crippen LogP contribution in [0.25, 0.3) is 0 Å². The summed E-state index contributed by atoms with van der Waals surface area (Å²) in [4.78, 5) is 0. The van der Waals surface area contributed by atoms with Gasteiger partial charge in [0, 0.05) is 5.56 Å². The van der Waals surface area contributed by atoms with Gasteiger partial charge in [-0.3, -0.25) is 0 Å². The average Bonchev–Trinajstić information content (AvgIpc) is 2.42. The molecule has 0 radical (unpaired) electrons. The summed E-state index contributed by atoms with van der Waals surface area (Å²) < 4.78 is 39.8. The second kappa shape index (κ2) is 6.02. The van der Waals surface area contributed by atoms with Gasteiger partial charge in [0.25, 0.3) is 0 Å². The van der Waals surface area contributed by atoms with E-state index in [0.717, 1.165) is 12.1 Å². The SMILES string of the molecule is Fc1ccc(C(Cl)c2ccc(Cl)c(Cl)c2Cl)c(F)c1F. The molecule has 2 rings (SSSR count). The molecule has 0 aliphatic heterocycles. The summed E-state index contributed by atoms with van der Waals surface area (Å²) in [7, 11) is 0. The van der Waals surface area contributed by atoms with Crippen LogP contribution in [0.4, 0.5) is 13.2 Å². The predicted octanol–water partition coefficient (Wildman–Crippen LogP) is 6.39. The van der Waals surface area contributed by atoms with Crippen molar-refractivity contribution in [1.29, 1.82) is 0 Å². The molecule has 20 heavy (non-hydrogen) atoms. The molecule has 106 valence electrons. The fourth-order valence-electron chi connectivity index (χ4n) is 1.64. The Balaban J connectivity index is 2.55. The molecule has 0 amide bonds. The van der Waals surface area contributed by atoms with E-state index in [4.69, 9.17) is 46.4 Å². The highest BCUT2D eigenvalue weighted by Gasteiger charge is 2.23. The molecular formula is C13H5Cl4F3. The zero-order valence-corrected chi connectivity index (χ0v) is 12.6. The molecule has 1 unspecified atom stereocenters. The summed E-state index contributed by atoms with van der Waals surface area (Å²) in [6.45, 7) is 0. The van der Waals surface area contributed by atoms with Gasteiger partial charge >= 0.3 is 0 Å². The van der Waals surface area contributed by atoms with Gasteiger partial charge in [0.15, 0.2) is 17.5 Å². The first-order chi connectivity index (χ1) is 9.34. The molecule has 2 aromatic rings. The molecule has 0 heterocycles. The summed E-state index contributed by atoms with van der Waals surface area (Å²) in [6.07, 6.45) is 0. The Morgan fingerprint density at radius 1 is 0.750 bits per heavy atom. The van der Waals surface area contributed by atoms with Crippen LogP contribution in [0.1, 0.15) is 16.5 Å². The summed E-state index contributed by atoms with van der Waals surface area (Å²) in [5, 5.41) is -0.842. The highest BCUT2D eigenvalue weighted by Crippen LogP contribution is 2.41. The highest BCUT2D eigenvalue weighted by atomic mass is 35.5. The van der Waals surface area contributed by atoms with E-state index in [1.807, 2.05) is 0 Å². The molecule has 0 aliphatic rings. The normalized spacial score (nSPS) is 12.6. The van der Waals surface area contributed by atoms with E-state index < -0.39 is 22.8 Å². The summed E-state index contributed by atoms with van der Waals surface area (Å²) in [5.41, 5.74) is -0.00139. The van der Waals surface area contributed by atoms with E-state index >= 15 is 0 Å². The van der Waals surface area contributed by atoms with Crippen molar-refractivity contribution in [1.82, 2.24) is 0 Å². The molecular weight excluding hydrogens is 355 g/mol. The van der Waals surface area contributed by atoms with Crippen molar-refractivity contribution in [2.24, 2.45) is 0 Å². The molecule has 0 aromatic heterocycles. The van der Waals surface area contributed by atoms with Gasteiger partial charge in [-0.15, -0.1) is 11.6 Å². The first-order valence-corrected chi connectivity index (χ1v) is 6.82. The van der Waals surface area contributed by atoms with Gasteiger partial charge in [-0.25, -0.2) is 13.2 Å². The fourth-order valence-corrected chi connectivity index (χ4v) is 2.70. The molecule has 0 fully saturated rings. The number of halogens is 7. The van der Waals surface area contributed by atoms with E-state index in [0.29, 0.717) is 0 Å². The molecule has 1 atom stereocenters. The minimum Gasteiger partial charge on any atom is -0.204 e. The van der Waals surface area contributed by atoms with E-state index in [9.17, 15) is 13.2 Å². The van der Waals surface area contributed by atoms with Crippen LogP contribution in [-0.4, -0.2) is 0 Å². The van der Waals surface area contributed by atoms with Crippen LogP contribution in [0.15, 0.2) is 24.3 Å². The van der Waals surface area contributed by atoms with Crippen LogP contribution in [-0.2, 0) is 0 Å². The lowest BCUT2D eigenvalue weighted by atomic mass is 10.0. The van der Waals surface area contributed by atoms with Crippen LogP contribution in [0.5, 0.6) is 0 Å². The number of benzene rings is 2. The molecule has 0 nitrogen and oxygen atoms in total. The van der Waals surface area contributed by atoms with Crippen LogP contribution < -0.4 is 0 Å². The third-order valence-electron chi connectivity index (χ3n) is 2.68. The van der Waals surface area contributed by atoms with Gasteiger partial charge in [0.2, 0.25) is 0 Å². The van der Waals surface area contributed by atoms with Gasteiger partial charge in [0.1, 0.15) is 0 Å². The third-order valence-corrected chi connectivity index (χ3v) is 4.45. The van der Waals surface area contributed by atoms with Crippen molar-refractivity contribution in [2.75, 3.05) is 0 Å². The summed E-state index contributed by atoms with van der Waals surface area (Å²) in [6, 6.07) is 4.70. The van der Waals surface area contributed by atoms with E-state index in [-0.39, 0.29) is 26.2 Å². The Morgan fingerprint density at radius 2 is 1.35 bits per heavy atom. The average molecular weight is 360 g/mol. The molecule has 0 saturated heterocycles. The van der Waals surface area contributed by atoms with Crippen molar-refractivity contribution in [3.8, 4) is 0 Å². The van der Waals surface area contributed by atoms with Gasteiger partial charge in [0.05, 0.1) is 20.4 Å². The summed E-state index contributed by atoms with van der Waals surface area (Å²) in [5.74, 6) is -4.26. The van der Waals surface area contributed by atoms with Crippen molar-refractivity contribution in [3.05, 3.63) is 67.9 Å². The fraction of sp³-hybridized carbons (Fsp3) is 0.0769. The zero-order chi connectivity index (χ0) is 15.0. The lowest BCUT2D eigenvalue weighted by Gasteiger charge is -2.15. The van der Waals surface area contributed by atoms with E-state index in [1.165, 1.54) is 12.1 Å². The molecule has 0 spiro atoms. The zero-order valence-electron chi connectivity index (χ0n) is 9.53.